The van der Waals surface area contributed by atoms with Gasteiger partial charge in [0, 0.05) is 104 Å². The molecule has 0 spiro atoms. The monoisotopic (exact) mass is 1510 g/mol. The lowest BCUT2D eigenvalue weighted by Gasteiger charge is -2.18. The van der Waals surface area contributed by atoms with Crippen LogP contribution in [0.4, 0.5) is 0 Å². The van der Waals surface area contributed by atoms with E-state index in [4.69, 9.17) is 29.9 Å². The van der Waals surface area contributed by atoms with Gasteiger partial charge in [0.25, 0.3) is 0 Å². The summed E-state index contributed by atoms with van der Waals surface area (Å²) in [7, 11) is 0. The van der Waals surface area contributed by atoms with Gasteiger partial charge in [0.1, 0.15) is 0 Å². The van der Waals surface area contributed by atoms with Gasteiger partial charge in [0.05, 0.1) is 34.2 Å². The summed E-state index contributed by atoms with van der Waals surface area (Å²) in [6, 6.07) is 135. The van der Waals surface area contributed by atoms with E-state index in [9.17, 15) is 0 Å². The van der Waals surface area contributed by atoms with E-state index < -0.39 is 0 Å². The summed E-state index contributed by atoms with van der Waals surface area (Å²) < 4.78 is 0. The Labute approximate surface area is 689 Å². The molecule has 0 amide bonds. The van der Waals surface area contributed by atoms with Crippen LogP contribution in [-0.2, 0) is 0 Å². The first kappa shape index (κ1) is 73.0. The number of pyridine rings is 6. The Hall–Kier alpha value is -15.2. The van der Waals surface area contributed by atoms with E-state index in [0.29, 0.717) is 0 Å². The first-order valence-corrected chi connectivity index (χ1v) is 40.1. The van der Waals surface area contributed by atoms with Crippen molar-refractivity contribution >= 4 is 0 Å². The SMILES string of the molecule is Cc1cccc(-c2ccc(-c3ccccc3-c3cc(-c4ccccc4-c4ccc(-c5ccc(-c6ccc(-c7ccccc7-c7cc(-c8ccccc8-c8ccc(-c9cccc(C)c9)nc8)cc(-c8ccccc8-c8ccc(-c9cccc(C)c9)nc8)c7)cn6)cc5)nc4)cc(-c4ccccc4-c4ccc(-c5cccc(C)c5)nc4)c3)cn2)c1. The summed E-state index contributed by atoms with van der Waals surface area (Å²) in [4.78, 5) is 30.6. The van der Waals surface area contributed by atoms with Crippen LogP contribution in [0.15, 0.2) is 413 Å². The molecule has 0 unspecified atom stereocenters. The molecule has 13 aromatic carbocycles. The second kappa shape index (κ2) is 32.3. The van der Waals surface area contributed by atoms with Gasteiger partial charge >= 0.3 is 0 Å². The smallest absolute Gasteiger partial charge is 0.0702 e. The fourth-order valence-electron chi connectivity index (χ4n) is 16.5. The second-order valence-electron chi connectivity index (χ2n) is 30.5. The Morgan fingerprint density at radius 3 is 0.424 bits per heavy atom. The third-order valence-corrected chi connectivity index (χ3v) is 22.5. The van der Waals surface area contributed by atoms with Crippen molar-refractivity contribution in [1.82, 2.24) is 29.9 Å². The molecule has 6 nitrogen and oxygen atoms in total. The number of rotatable bonds is 18. The Morgan fingerprint density at radius 2 is 0.271 bits per heavy atom. The Balaban J connectivity index is 0.628. The molecule has 0 aliphatic heterocycles. The summed E-state index contributed by atoms with van der Waals surface area (Å²) in [5.74, 6) is 0. The fourth-order valence-corrected chi connectivity index (χ4v) is 16.5. The number of aryl methyl sites for hydroxylation is 4. The highest BCUT2D eigenvalue weighted by Crippen LogP contribution is 2.46. The molecule has 19 rings (SSSR count). The molecular formula is C112H80N6. The van der Waals surface area contributed by atoms with Gasteiger partial charge in [-0.15, -0.1) is 0 Å². The van der Waals surface area contributed by atoms with Gasteiger partial charge in [-0.1, -0.05) is 301 Å². The molecule has 19 aromatic rings. The number of aromatic nitrogens is 6. The molecule has 558 valence electrons. The van der Waals surface area contributed by atoms with Gasteiger partial charge in [-0.25, -0.2) is 0 Å². The molecule has 6 aromatic heterocycles. The molecule has 6 heteroatoms. The summed E-state index contributed by atoms with van der Waals surface area (Å²) in [6.45, 7) is 8.48. The minimum Gasteiger partial charge on any atom is -0.256 e. The summed E-state index contributed by atoms with van der Waals surface area (Å²) in [5, 5.41) is 0. The van der Waals surface area contributed by atoms with Crippen LogP contribution in [0.2, 0.25) is 0 Å². The van der Waals surface area contributed by atoms with Gasteiger partial charge in [0.2, 0.25) is 0 Å². The zero-order valence-corrected chi connectivity index (χ0v) is 65.9. The zero-order chi connectivity index (χ0) is 79.4. The van der Waals surface area contributed by atoms with E-state index in [1.165, 1.54) is 22.3 Å². The molecule has 0 saturated carbocycles. The summed E-state index contributed by atoms with van der Waals surface area (Å²) in [6.07, 6.45) is 12.1. The Bertz CT molecular complexity index is 6190. The molecule has 0 saturated heterocycles. The second-order valence-corrected chi connectivity index (χ2v) is 30.5. The normalized spacial score (nSPS) is 11.2. The van der Waals surface area contributed by atoms with E-state index in [1.807, 2.05) is 37.2 Å². The van der Waals surface area contributed by atoms with E-state index in [1.54, 1.807) is 0 Å². The summed E-state index contributed by atoms with van der Waals surface area (Å²) >= 11 is 0. The fraction of sp³-hybridized carbons (Fsp3) is 0.0357. The van der Waals surface area contributed by atoms with Crippen LogP contribution in [-0.4, -0.2) is 29.9 Å². The highest BCUT2D eigenvalue weighted by atomic mass is 14.7. The molecule has 0 aliphatic rings. The lowest BCUT2D eigenvalue weighted by molar-refractivity contribution is 1.31. The maximum atomic E-state index is 5.20. The van der Waals surface area contributed by atoms with E-state index in [0.717, 1.165) is 201 Å². The first-order chi connectivity index (χ1) is 58.1. The third kappa shape index (κ3) is 15.2. The topological polar surface area (TPSA) is 77.3 Å². The minimum atomic E-state index is 0.876. The van der Waals surface area contributed by atoms with Gasteiger partial charge in [0.15, 0.2) is 0 Å². The predicted molar refractivity (Wildman–Crippen MR) is 490 cm³/mol. The molecule has 6 heterocycles. The van der Waals surface area contributed by atoms with E-state index in [-0.39, 0.29) is 0 Å². The number of hydrogen-bond donors (Lipinski definition) is 0. The van der Waals surface area contributed by atoms with Crippen LogP contribution in [0.3, 0.4) is 0 Å². The van der Waals surface area contributed by atoms with Crippen molar-refractivity contribution in [3.05, 3.63) is 436 Å². The van der Waals surface area contributed by atoms with Crippen molar-refractivity contribution in [3.63, 3.8) is 0 Å². The first-order valence-electron chi connectivity index (χ1n) is 40.1. The summed E-state index contributed by atoms with van der Waals surface area (Å²) in [5.41, 5.74) is 42.6. The Kier molecular flexibility index (Phi) is 20.0. The van der Waals surface area contributed by atoms with Gasteiger partial charge in [-0.3, -0.25) is 29.9 Å². The number of hydrogen-bond acceptors (Lipinski definition) is 6. The lowest BCUT2D eigenvalue weighted by Crippen LogP contribution is -1.93. The van der Waals surface area contributed by atoms with Crippen molar-refractivity contribution < 1.29 is 0 Å². The van der Waals surface area contributed by atoms with Crippen LogP contribution in [0, 0.1) is 27.7 Å². The standard InChI is InChI=1S/C112H80N6/c1-73-21-17-25-79(57-73)109-53-47-85(69-115-109)97-31-7-13-37-103(97)91-61-89(62-92(65-91)104-38-14-8-32-98(104)86-48-54-110(116-70-86)80-26-18-22-74(2)58-80)101-35-11-5-29-95(101)83-45-51-107(113-67-83)77-41-43-78(44-42-77)108-52-46-84(68-114-108)96-30-6-12-36-102(96)90-63-93(105-39-15-9-33-99(105)87-49-55-111(117-71-87)81-27-19-23-75(3)59-81)66-94(64-90)106-40-16-10-34-100(106)88-50-56-112(118-72-88)82-28-20-24-76(4)60-82/h5-72H,1-4H3. The van der Waals surface area contributed by atoms with Gasteiger partial charge in [-0.2, -0.15) is 0 Å². The van der Waals surface area contributed by atoms with Crippen molar-refractivity contribution in [2.24, 2.45) is 0 Å². The molecule has 0 bridgehead atoms. The van der Waals surface area contributed by atoms with Crippen molar-refractivity contribution in [3.8, 4) is 201 Å². The minimum absolute atomic E-state index is 0.876. The maximum Gasteiger partial charge on any atom is 0.0702 e. The van der Waals surface area contributed by atoms with Crippen LogP contribution in [0.5, 0.6) is 0 Å². The molecular weight excluding hydrogens is 1430 g/mol. The van der Waals surface area contributed by atoms with Crippen molar-refractivity contribution in [1.29, 1.82) is 0 Å². The average molecular weight is 1510 g/mol. The lowest BCUT2D eigenvalue weighted by atomic mass is 9.86. The van der Waals surface area contributed by atoms with Gasteiger partial charge < -0.3 is 0 Å². The van der Waals surface area contributed by atoms with Crippen LogP contribution >= 0.6 is 0 Å². The zero-order valence-electron chi connectivity index (χ0n) is 65.9. The van der Waals surface area contributed by atoms with Crippen molar-refractivity contribution in [2.75, 3.05) is 0 Å². The third-order valence-electron chi connectivity index (χ3n) is 22.5. The van der Waals surface area contributed by atoms with Crippen LogP contribution in [0.25, 0.3) is 201 Å². The average Bonchev–Trinajstić information content (AvgIpc) is 0.770. The maximum absolute atomic E-state index is 5.20. The van der Waals surface area contributed by atoms with Gasteiger partial charge in [-0.05, 0) is 225 Å². The molecule has 0 aliphatic carbocycles. The molecule has 0 fully saturated rings. The molecule has 0 radical (unpaired) electrons. The quantitative estimate of drug-likeness (QED) is 0.0852. The molecule has 0 N–H and O–H groups in total. The van der Waals surface area contributed by atoms with Crippen LogP contribution < -0.4 is 0 Å². The molecule has 0 atom stereocenters. The number of nitrogens with zero attached hydrogens (tertiary/aromatic N) is 6. The number of benzene rings is 13. The van der Waals surface area contributed by atoms with Crippen LogP contribution in [0.1, 0.15) is 22.3 Å². The predicted octanol–water partition coefficient (Wildman–Crippen LogP) is 29.3. The molecule has 118 heavy (non-hydrogen) atoms. The Morgan fingerprint density at radius 1 is 0.119 bits per heavy atom. The van der Waals surface area contributed by atoms with E-state index in [2.05, 4.69) is 404 Å². The van der Waals surface area contributed by atoms with Crippen molar-refractivity contribution in [2.45, 2.75) is 27.7 Å². The highest BCUT2D eigenvalue weighted by molar-refractivity contribution is 5.97. The van der Waals surface area contributed by atoms with E-state index >= 15 is 0 Å². The highest BCUT2D eigenvalue weighted by Gasteiger charge is 2.21. The largest absolute Gasteiger partial charge is 0.256 e.